The van der Waals surface area contributed by atoms with Crippen molar-refractivity contribution in [3.05, 3.63) is 70.8 Å². The Morgan fingerprint density at radius 1 is 0.773 bits per heavy atom. The normalized spacial score (nSPS) is 12.5. The summed E-state index contributed by atoms with van der Waals surface area (Å²) in [5, 5.41) is 0. The molecule has 0 saturated heterocycles. The van der Waals surface area contributed by atoms with Crippen LogP contribution in [0.25, 0.3) is 0 Å². The van der Waals surface area contributed by atoms with E-state index in [0.717, 1.165) is 12.5 Å². The second-order valence-corrected chi connectivity index (χ2v) is 7.67. The van der Waals surface area contributed by atoms with Crippen LogP contribution in [0.4, 0.5) is 8.78 Å². The second-order valence-electron chi connectivity index (χ2n) is 7.67. The van der Waals surface area contributed by atoms with E-state index in [2.05, 4.69) is 45.0 Å². The van der Waals surface area contributed by atoms with E-state index in [1.807, 2.05) is 13.8 Å². The number of hydrogen-bond donors (Lipinski definition) is 0. The molecule has 22 heavy (non-hydrogen) atoms. The number of rotatable bonds is 3. The molecule has 0 fully saturated rings. The highest BCUT2D eigenvalue weighted by atomic mass is 19.1. The number of halogens is 2. The molecule has 2 heteroatoms. The molecule has 0 aliphatic rings. The highest BCUT2D eigenvalue weighted by molar-refractivity contribution is 5.33. The Morgan fingerprint density at radius 3 is 1.91 bits per heavy atom. The van der Waals surface area contributed by atoms with E-state index < -0.39 is 11.6 Å². The molecule has 2 aromatic rings. The van der Waals surface area contributed by atoms with E-state index in [1.54, 1.807) is 0 Å². The van der Waals surface area contributed by atoms with Gasteiger partial charge in [0, 0.05) is 6.07 Å². The van der Waals surface area contributed by atoms with Crippen LogP contribution in [0.1, 0.15) is 51.3 Å². The van der Waals surface area contributed by atoms with Crippen LogP contribution in [0.5, 0.6) is 0 Å². The zero-order valence-corrected chi connectivity index (χ0v) is 14.0. The van der Waals surface area contributed by atoms with Gasteiger partial charge in [0.05, 0.1) is 0 Å². The summed E-state index contributed by atoms with van der Waals surface area (Å²) in [7, 11) is 0. The highest BCUT2D eigenvalue weighted by Crippen LogP contribution is 2.30. The van der Waals surface area contributed by atoms with E-state index in [4.69, 9.17) is 0 Å². The quantitative estimate of drug-likeness (QED) is 0.674. The van der Waals surface area contributed by atoms with Crippen LogP contribution in [0, 0.1) is 11.6 Å². The summed E-state index contributed by atoms with van der Waals surface area (Å²) in [6.45, 7) is 10.6. The summed E-state index contributed by atoms with van der Waals surface area (Å²) in [6, 6.07) is 12.2. The van der Waals surface area contributed by atoms with E-state index >= 15 is 0 Å². The molecular formula is C20H24F2. The molecule has 0 amide bonds. The van der Waals surface area contributed by atoms with Crippen molar-refractivity contribution in [3.8, 4) is 0 Å². The first-order chi connectivity index (χ1) is 10.1. The van der Waals surface area contributed by atoms with E-state index in [0.29, 0.717) is 5.56 Å². The fourth-order valence-electron chi connectivity index (χ4n) is 2.70. The maximum atomic E-state index is 13.5. The van der Waals surface area contributed by atoms with Gasteiger partial charge in [0.2, 0.25) is 0 Å². The third kappa shape index (κ3) is 3.94. The van der Waals surface area contributed by atoms with Crippen molar-refractivity contribution in [3.63, 3.8) is 0 Å². The molecular weight excluding hydrogens is 278 g/mol. The summed E-state index contributed by atoms with van der Waals surface area (Å²) in [6.07, 6.45) is 0.736. The summed E-state index contributed by atoms with van der Waals surface area (Å²) >= 11 is 0. The Balaban J connectivity index is 2.32. The molecule has 0 radical (unpaired) electrons. The summed E-state index contributed by atoms with van der Waals surface area (Å²) in [4.78, 5) is 0. The van der Waals surface area contributed by atoms with Gasteiger partial charge >= 0.3 is 0 Å². The molecule has 118 valence electrons. The molecule has 0 aromatic heterocycles. The summed E-state index contributed by atoms with van der Waals surface area (Å²) < 4.78 is 27.0. The molecule has 0 N–H and O–H groups in total. The van der Waals surface area contributed by atoms with Crippen molar-refractivity contribution in [2.24, 2.45) is 0 Å². The SMILES string of the molecule is CC(C)(C)c1cccc(CC(C)(C)c2cc(F)cc(F)c2)c1. The first-order valence-electron chi connectivity index (χ1n) is 7.64. The van der Waals surface area contributed by atoms with Crippen molar-refractivity contribution in [2.75, 3.05) is 0 Å². The first kappa shape index (κ1) is 16.7. The maximum absolute atomic E-state index is 13.5. The van der Waals surface area contributed by atoms with Gasteiger partial charge in [0.25, 0.3) is 0 Å². The lowest BCUT2D eigenvalue weighted by Gasteiger charge is -2.27. The molecule has 0 aliphatic heterocycles. The van der Waals surface area contributed by atoms with Crippen LogP contribution in [-0.2, 0) is 17.3 Å². The Morgan fingerprint density at radius 2 is 1.36 bits per heavy atom. The number of hydrogen-bond acceptors (Lipinski definition) is 0. The zero-order chi connectivity index (χ0) is 16.5. The number of benzene rings is 2. The molecule has 0 nitrogen and oxygen atoms in total. The van der Waals surface area contributed by atoms with Crippen LogP contribution in [0.15, 0.2) is 42.5 Å². The molecule has 0 spiro atoms. The minimum atomic E-state index is -0.522. The minimum absolute atomic E-state index is 0.0884. The van der Waals surface area contributed by atoms with Crippen molar-refractivity contribution in [2.45, 2.75) is 51.9 Å². The van der Waals surface area contributed by atoms with Gasteiger partial charge in [-0.25, -0.2) is 8.78 Å². The third-order valence-electron chi connectivity index (χ3n) is 4.08. The van der Waals surface area contributed by atoms with Crippen LogP contribution in [0.2, 0.25) is 0 Å². The lowest BCUT2D eigenvalue weighted by Crippen LogP contribution is -2.21. The van der Waals surface area contributed by atoms with E-state index in [1.165, 1.54) is 23.3 Å². The Hall–Kier alpha value is -1.70. The van der Waals surface area contributed by atoms with Crippen molar-refractivity contribution in [1.82, 2.24) is 0 Å². The predicted molar refractivity (Wildman–Crippen MR) is 88.2 cm³/mol. The molecule has 0 bridgehead atoms. The van der Waals surface area contributed by atoms with E-state index in [-0.39, 0.29) is 10.8 Å². The van der Waals surface area contributed by atoms with Crippen LogP contribution in [-0.4, -0.2) is 0 Å². The molecule has 2 aromatic carbocycles. The fourth-order valence-corrected chi connectivity index (χ4v) is 2.70. The standard InChI is InChI=1S/C20H24F2/c1-19(2,3)15-8-6-7-14(9-15)13-20(4,5)16-10-17(21)12-18(22)11-16/h6-12H,13H2,1-5H3. The molecule has 0 atom stereocenters. The Kier molecular flexibility index (Phi) is 4.42. The molecule has 0 heterocycles. The Bertz CT molecular complexity index is 643. The van der Waals surface area contributed by atoms with Gasteiger partial charge in [0.15, 0.2) is 0 Å². The van der Waals surface area contributed by atoms with E-state index in [9.17, 15) is 8.78 Å². The van der Waals surface area contributed by atoms with Crippen molar-refractivity contribution < 1.29 is 8.78 Å². The Labute approximate surface area is 132 Å². The largest absolute Gasteiger partial charge is 0.207 e. The second kappa shape index (κ2) is 5.83. The van der Waals surface area contributed by atoms with Crippen LogP contribution >= 0.6 is 0 Å². The maximum Gasteiger partial charge on any atom is 0.126 e. The molecule has 0 saturated carbocycles. The molecule has 0 aliphatic carbocycles. The smallest absolute Gasteiger partial charge is 0.126 e. The lowest BCUT2D eigenvalue weighted by atomic mass is 9.78. The van der Waals surface area contributed by atoms with Crippen molar-refractivity contribution in [1.29, 1.82) is 0 Å². The lowest BCUT2D eigenvalue weighted by molar-refractivity contribution is 0.502. The fraction of sp³-hybridized carbons (Fsp3) is 0.400. The van der Waals surface area contributed by atoms with Gasteiger partial charge < -0.3 is 0 Å². The van der Waals surface area contributed by atoms with Gasteiger partial charge in [-0.1, -0.05) is 58.9 Å². The minimum Gasteiger partial charge on any atom is -0.207 e. The summed E-state index contributed by atoms with van der Waals surface area (Å²) in [5.41, 5.74) is 2.89. The summed E-state index contributed by atoms with van der Waals surface area (Å²) in [5.74, 6) is -1.04. The monoisotopic (exact) mass is 302 g/mol. The van der Waals surface area contributed by atoms with Crippen LogP contribution in [0.3, 0.4) is 0 Å². The molecule has 0 unspecified atom stereocenters. The van der Waals surface area contributed by atoms with Gasteiger partial charge in [-0.3, -0.25) is 0 Å². The highest BCUT2D eigenvalue weighted by Gasteiger charge is 2.23. The molecule has 2 rings (SSSR count). The average Bonchev–Trinajstić information content (AvgIpc) is 2.36. The van der Waals surface area contributed by atoms with Gasteiger partial charge in [-0.05, 0) is 46.1 Å². The average molecular weight is 302 g/mol. The van der Waals surface area contributed by atoms with Gasteiger partial charge in [0.1, 0.15) is 11.6 Å². The van der Waals surface area contributed by atoms with Gasteiger partial charge in [-0.2, -0.15) is 0 Å². The first-order valence-corrected chi connectivity index (χ1v) is 7.64. The predicted octanol–water partition coefficient (Wildman–Crippen LogP) is 5.78. The van der Waals surface area contributed by atoms with Gasteiger partial charge in [-0.15, -0.1) is 0 Å². The van der Waals surface area contributed by atoms with Crippen LogP contribution < -0.4 is 0 Å². The zero-order valence-electron chi connectivity index (χ0n) is 14.0. The van der Waals surface area contributed by atoms with Crippen molar-refractivity contribution >= 4 is 0 Å². The third-order valence-corrected chi connectivity index (χ3v) is 4.08. The topological polar surface area (TPSA) is 0 Å².